The van der Waals surface area contributed by atoms with Gasteiger partial charge in [0.2, 0.25) is 10.0 Å². The van der Waals surface area contributed by atoms with Crippen molar-refractivity contribution in [3.8, 4) is 11.5 Å². The van der Waals surface area contributed by atoms with E-state index in [1.807, 2.05) is 48.5 Å². The minimum atomic E-state index is -3.54. The van der Waals surface area contributed by atoms with Crippen molar-refractivity contribution < 1.29 is 17.9 Å². The maximum atomic E-state index is 12.9. The van der Waals surface area contributed by atoms with Crippen LogP contribution in [0, 0.1) is 0 Å². The molecule has 6 heteroatoms. The zero-order chi connectivity index (χ0) is 18.6. The van der Waals surface area contributed by atoms with Crippen LogP contribution in [0.2, 0.25) is 0 Å². The van der Waals surface area contributed by atoms with Crippen LogP contribution in [0.1, 0.15) is 30.0 Å². The first-order valence-electron chi connectivity index (χ1n) is 8.52. The van der Waals surface area contributed by atoms with E-state index in [4.69, 9.17) is 9.47 Å². The first-order chi connectivity index (χ1) is 12.5. The Hall–Kier alpha value is -2.31. The lowest BCUT2D eigenvalue weighted by molar-refractivity contribution is 0.364. The number of hydrogen-bond acceptors (Lipinski definition) is 4. The van der Waals surface area contributed by atoms with Crippen LogP contribution in [0.5, 0.6) is 11.5 Å². The first kappa shape index (κ1) is 18.5. The summed E-state index contributed by atoms with van der Waals surface area (Å²) in [6, 6.07) is 14.6. The highest BCUT2D eigenvalue weighted by atomic mass is 32.2. The summed E-state index contributed by atoms with van der Waals surface area (Å²) in [5, 5.41) is 1.29. The fraction of sp³-hybridized carbons (Fsp3) is 0.300. The summed E-state index contributed by atoms with van der Waals surface area (Å²) >= 11 is 0. The molecule has 0 N–H and O–H groups in total. The van der Waals surface area contributed by atoms with Gasteiger partial charge in [0.05, 0.1) is 20.3 Å². The molecular formula is C20H23NO4S. The summed E-state index contributed by atoms with van der Waals surface area (Å²) < 4.78 is 38.1. The number of rotatable bonds is 6. The Morgan fingerprint density at radius 3 is 2.54 bits per heavy atom. The lowest BCUT2D eigenvalue weighted by Crippen LogP contribution is -2.29. The summed E-state index contributed by atoms with van der Waals surface area (Å²) in [4.78, 5) is 0. The van der Waals surface area contributed by atoms with Crippen molar-refractivity contribution in [2.24, 2.45) is 0 Å². The summed E-state index contributed by atoms with van der Waals surface area (Å²) in [6.45, 7) is 0.493. The third-order valence-corrected chi connectivity index (χ3v) is 6.13. The van der Waals surface area contributed by atoms with Crippen LogP contribution >= 0.6 is 0 Å². The van der Waals surface area contributed by atoms with E-state index < -0.39 is 10.0 Å². The van der Waals surface area contributed by atoms with Crippen molar-refractivity contribution in [2.45, 2.75) is 18.9 Å². The Labute approximate surface area is 154 Å². The van der Waals surface area contributed by atoms with Crippen LogP contribution in [0.25, 0.3) is 6.08 Å². The molecule has 1 heterocycles. The van der Waals surface area contributed by atoms with E-state index >= 15 is 0 Å². The highest BCUT2D eigenvalue weighted by Gasteiger charge is 2.35. The van der Waals surface area contributed by atoms with Gasteiger partial charge in [-0.25, -0.2) is 8.42 Å². The zero-order valence-corrected chi connectivity index (χ0v) is 15.8. The van der Waals surface area contributed by atoms with E-state index in [0.717, 1.165) is 24.0 Å². The van der Waals surface area contributed by atoms with E-state index in [9.17, 15) is 8.42 Å². The molecule has 0 bridgehead atoms. The molecule has 1 saturated heterocycles. The molecule has 1 atom stereocenters. The van der Waals surface area contributed by atoms with Gasteiger partial charge >= 0.3 is 0 Å². The van der Waals surface area contributed by atoms with Gasteiger partial charge in [-0.15, -0.1) is 0 Å². The molecule has 2 aromatic carbocycles. The monoisotopic (exact) mass is 373 g/mol. The first-order valence-corrected chi connectivity index (χ1v) is 10.0. The largest absolute Gasteiger partial charge is 0.497 e. The van der Waals surface area contributed by atoms with Gasteiger partial charge in [0.25, 0.3) is 0 Å². The number of nitrogens with zero attached hydrogens (tertiary/aromatic N) is 1. The maximum absolute atomic E-state index is 12.9. The van der Waals surface area contributed by atoms with Gasteiger partial charge in [-0.1, -0.05) is 30.3 Å². The van der Waals surface area contributed by atoms with Gasteiger partial charge in [-0.3, -0.25) is 0 Å². The molecule has 1 fully saturated rings. The third kappa shape index (κ3) is 3.92. The Morgan fingerprint density at radius 1 is 1.08 bits per heavy atom. The lowest BCUT2D eigenvalue weighted by Gasteiger charge is -2.24. The van der Waals surface area contributed by atoms with Crippen molar-refractivity contribution in [2.75, 3.05) is 20.8 Å². The van der Waals surface area contributed by atoms with Crippen molar-refractivity contribution >= 4 is 16.1 Å². The molecule has 0 aromatic heterocycles. The second-order valence-corrected chi connectivity index (χ2v) is 7.91. The zero-order valence-electron chi connectivity index (χ0n) is 15.0. The quantitative estimate of drug-likeness (QED) is 0.772. The van der Waals surface area contributed by atoms with Gasteiger partial charge < -0.3 is 9.47 Å². The molecule has 2 aromatic rings. The van der Waals surface area contributed by atoms with E-state index in [2.05, 4.69) is 0 Å². The SMILES string of the molecule is COc1ccc(OC)c([C@@H]2CCCN2S(=O)(=O)/C=C/c2ccccc2)c1. The van der Waals surface area contributed by atoms with Gasteiger partial charge in [0.1, 0.15) is 11.5 Å². The minimum absolute atomic E-state index is 0.259. The molecule has 0 radical (unpaired) electrons. The number of sulfonamides is 1. The van der Waals surface area contributed by atoms with Crippen LogP contribution in [-0.2, 0) is 10.0 Å². The molecule has 0 unspecified atom stereocenters. The third-order valence-electron chi connectivity index (χ3n) is 4.56. The fourth-order valence-corrected chi connectivity index (χ4v) is 4.70. The predicted octanol–water partition coefficient (Wildman–Crippen LogP) is 3.84. The number of methoxy groups -OCH3 is 2. The highest BCUT2D eigenvalue weighted by molar-refractivity contribution is 7.92. The Kier molecular flexibility index (Phi) is 5.64. The molecule has 1 aliphatic rings. The van der Waals surface area contributed by atoms with Crippen LogP contribution < -0.4 is 9.47 Å². The standard InChI is InChI=1S/C20H23NO4S/c1-24-17-10-11-20(25-2)18(15-17)19-9-6-13-21(19)26(22,23)14-12-16-7-4-3-5-8-16/h3-5,7-8,10-12,14-15,19H,6,9,13H2,1-2H3/b14-12+/t19-/m0/s1. The summed E-state index contributed by atoms with van der Waals surface area (Å²) in [5.41, 5.74) is 1.69. The molecule has 0 spiro atoms. The Morgan fingerprint density at radius 2 is 1.85 bits per heavy atom. The number of benzene rings is 2. The smallest absolute Gasteiger partial charge is 0.236 e. The van der Waals surface area contributed by atoms with Gasteiger partial charge in [0, 0.05) is 17.5 Å². The van der Waals surface area contributed by atoms with Crippen LogP contribution in [0.3, 0.4) is 0 Å². The van der Waals surface area contributed by atoms with Crippen molar-refractivity contribution in [3.63, 3.8) is 0 Å². The fourth-order valence-electron chi connectivity index (χ4n) is 3.26. The summed E-state index contributed by atoms with van der Waals surface area (Å²) in [7, 11) is -0.357. The number of hydrogen-bond donors (Lipinski definition) is 0. The Balaban J connectivity index is 1.92. The molecule has 0 saturated carbocycles. The molecule has 1 aliphatic heterocycles. The molecule has 138 valence electrons. The van der Waals surface area contributed by atoms with Crippen LogP contribution in [0.15, 0.2) is 53.9 Å². The van der Waals surface area contributed by atoms with Gasteiger partial charge in [0.15, 0.2) is 0 Å². The predicted molar refractivity (Wildman–Crippen MR) is 103 cm³/mol. The van der Waals surface area contributed by atoms with E-state index in [1.54, 1.807) is 24.6 Å². The maximum Gasteiger partial charge on any atom is 0.236 e. The molecule has 0 amide bonds. The number of ether oxygens (including phenoxy) is 2. The summed E-state index contributed by atoms with van der Waals surface area (Å²) in [5.74, 6) is 1.36. The van der Waals surface area contributed by atoms with E-state index in [-0.39, 0.29) is 6.04 Å². The van der Waals surface area contributed by atoms with Crippen molar-refractivity contribution in [3.05, 3.63) is 65.1 Å². The van der Waals surface area contributed by atoms with Crippen molar-refractivity contribution in [1.82, 2.24) is 4.31 Å². The van der Waals surface area contributed by atoms with E-state index in [1.165, 1.54) is 5.41 Å². The van der Waals surface area contributed by atoms with E-state index in [0.29, 0.717) is 18.0 Å². The second kappa shape index (κ2) is 7.93. The minimum Gasteiger partial charge on any atom is -0.497 e. The topological polar surface area (TPSA) is 55.8 Å². The highest BCUT2D eigenvalue weighted by Crippen LogP contribution is 2.40. The Bertz CT molecular complexity index is 878. The van der Waals surface area contributed by atoms with Crippen LogP contribution in [-0.4, -0.2) is 33.5 Å². The van der Waals surface area contributed by atoms with Gasteiger partial charge in [-0.05, 0) is 42.7 Å². The second-order valence-electron chi connectivity index (χ2n) is 6.14. The van der Waals surface area contributed by atoms with Crippen molar-refractivity contribution in [1.29, 1.82) is 0 Å². The molecule has 5 nitrogen and oxygen atoms in total. The van der Waals surface area contributed by atoms with Crippen LogP contribution in [0.4, 0.5) is 0 Å². The molecule has 26 heavy (non-hydrogen) atoms. The normalized spacial score (nSPS) is 18.3. The van der Waals surface area contributed by atoms with Gasteiger partial charge in [-0.2, -0.15) is 4.31 Å². The molecular weight excluding hydrogens is 350 g/mol. The average molecular weight is 373 g/mol. The average Bonchev–Trinajstić information content (AvgIpc) is 3.17. The molecule has 0 aliphatic carbocycles. The molecule has 3 rings (SSSR count). The lowest BCUT2D eigenvalue weighted by atomic mass is 10.0. The summed E-state index contributed by atoms with van der Waals surface area (Å²) in [6.07, 6.45) is 3.19.